The molecule has 0 saturated heterocycles. The van der Waals surface area contributed by atoms with Crippen LogP contribution in [0, 0.1) is 0 Å². The number of carbonyl (C=O) groups excluding carboxylic acids is 3. The lowest BCUT2D eigenvalue weighted by Gasteiger charge is -2.21. The summed E-state index contributed by atoms with van der Waals surface area (Å²) >= 11 is 0. The van der Waals surface area contributed by atoms with Gasteiger partial charge in [-0.3, -0.25) is 32.5 Å². The van der Waals surface area contributed by atoms with E-state index in [1.54, 1.807) is 0 Å². The Balaban J connectivity index is 4.41. The molecule has 0 spiro atoms. The molecule has 606 valence electrons. The van der Waals surface area contributed by atoms with Crippen LogP contribution in [0.4, 0.5) is 0 Å². The van der Waals surface area contributed by atoms with Crippen molar-refractivity contribution in [3.8, 4) is 0 Å². The van der Waals surface area contributed by atoms with Crippen LogP contribution in [0.1, 0.15) is 355 Å². The van der Waals surface area contributed by atoms with Gasteiger partial charge in [0.05, 0.1) is 26.4 Å². The smallest absolute Gasteiger partial charge is 0.463 e. The molecule has 0 aromatic carbocycles. The number of esters is 3. The van der Waals surface area contributed by atoms with Gasteiger partial charge in [-0.05, 0) is 109 Å². The molecular formula is C87H152O16P2. The standard InChI is InChI=1S/C87H152O16P2/c1-4-7-10-13-16-19-22-24-26-28-30-32-34-36-38-40-42-44-46-48-50-52-54-56-59-61-64-67-70-73-85(90)97-76-82(88)77-99-104(93,94)100-78-83(89)79-101-105(95,96)102-81-84(103-87(92)75-72-69-66-63-58-21-18-15-12-9-6-3)80-98-86(91)74-71-68-65-62-60-57-55-53-51-49-47-45-43-41-39-37-35-33-31-29-27-25-23-20-17-14-11-8-5-2/h7-8,10-11,16-17,19-20,24-27,30-33,36-39,82-84,88-89H,4-6,9,12-15,18,21-23,28-29,34-35,40-81H2,1-3H3,(H,93,94)(H,95,96)/b10-7-,11-8-,19-16-,20-17-,26-24-,27-25-,32-30-,33-31-,38-36-,39-37-. The van der Waals surface area contributed by atoms with E-state index in [1.807, 2.05) is 0 Å². The van der Waals surface area contributed by atoms with Gasteiger partial charge < -0.3 is 34.2 Å². The minimum Gasteiger partial charge on any atom is -0.463 e. The molecular weight excluding hydrogens is 1360 g/mol. The van der Waals surface area contributed by atoms with Crippen molar-refractivity contribution in [2.24, 2.45) is 0 Å². The lowest BCUT2D eigenvalue weighted by Crippen LogP contribution is -2.30. The highest BCUT2D eigenvalue weighted by Gasteiger charge is 2.29. The molecule has 0 fully saturated rings. The molecule has 16 nitrogen and oxygen atoms in total. The fourth-order valence-electron chi connectivity index (χ4n) is 11.4. The zero-order valence-corrected chi connectivity index (χ0v) is 68.2. The molecule has 0 aliphatic rings. The number of carbonyl (C=O) groups is 3. The van der Waals surface area contributed by atoms with Gasteiger partial charge in [-0.2, -0.15) is 0 Å². The number of aliphatic hydroxyl groups excluding tert-OH is 2. The Kier molecular flexibility index (Phi) is 76.4. The second-order valence-electron chi connectivity index (χ2n) is 27.9. The van der Waals surface area contributed by atoms with Gasteiger partial charge in [0.15, 0.2) is 6.10 Å². The Morgan fingerprint density at radius 2 is 0.505 bits per heavy atom. The fraction of sp³-hybridized carbons (Fsp3) is 0.736. The number of ether oxygens (including phenoxy) is 3. The highest BCUT2D eigenvalue weighted by molar-refractivity contribution is 7.47. The molecule has 0 radical (unpaired) electrons. The predicted octanol–water partition coefficient (Wildman–Crippen LogP) is 24.9. The minimum absolute atomic E-state index is 0.107. The number of hydrogen-bond acceptors (Lipinski definition) is 14. The third kappa shape index (κ3) is 80.8. The molecule has 0 amide bonds. The van der Waals surface area contributed by atoms with E-state index in [0.717, 1.165) is 141 Å². The first kappa shape index (κ1) is 101. The van der Waals surface area contributed by atoms with E-state index in [2.05, 4.69) is 142 Å². The maximum atomic E-state index is 12.9. The quantitative estimate of drug-likeness (QED) is 0.0146. The van der Waals surface area contributed by atoms with Crippen LogP contribution >= 0.6 is 15.6 Å². The van der Waals surface area contributed by atoms with Gasteiger partial charge in [0.2, 0.25) is 0 Å². The van der Waals surface area contributed by atoms with E-state index in [-0.39, 0.29) is 19.3 Å². The monoisotopic (exact) mass is 1520 g/mol. The van der Waals surface area contributed by atoms with Gasteiger partial charge >= 0.3 is 33.6 Å². The normalized spacial score (nSPS) is 14.5. The van der Waals surface area contributed by atoms with Gasteiger partial charge in [0.1, 0.15) is 25.4 Å². The molecule has 4 N–H and O–H groups in total. The molecule has 5 atom stereocenters. The summed E-state index contributed by atoms with van der Waals surface area (Å²) in [5, 5.41) is 20.6. The van der Waals surface area contributed by atoms with Crippen LogP contribution < -0.4 is 0 Å². The first-order chi connectivity index (χ1) is 51.2. The number of allylic oxidation sites excluding steroid dienone is 20. The second-order valence-corrected chi connectivity index (χ2v) is 30.8. The predicted molar refractivity (Wildman–Crippen MR) is 436 cm³/mol. The maximum Gasteiger partial charge on any atom is 0.472 e. The Bertz CT molecular complexity index is 2390. The molecule has 0 aliphatic carbocycles. The lowest BCUT2D eigenvalue weighted by molar-refractivity contribution is -0.161. The topological polar surface area (TPSA) is 231 Å². The second kappa shape index (κ2) is 79.5. The van der Waals surface area contributed by atoms with Crippen molar-refractivity contribution < 1.29 is 75.8 Å². The van der Waals surface area contributed by atoms with E-state index in [1.165, 1.54) is 154 Å². The zero-order valence-electron chi connectivity index (χ0n) is 66.4. The summed E-state index contributed by atoms with van der Waals surface area (Å²) in [5.74, 6) is -1.56. The van der Waals surface area contributed by atoms with Crippen LogP contribution in [0.25, 0.3) is 0 Å². The molecule has 0 aromatic rings. The van der Waals surface area contributed by atoms with Gasteiger partial charge in [-0.15, -0.1) is 0 Å². The first-order valence-corrected chi connectivity index (χ1v) is 44.8. The number of aliphatic hydroxyl groups is 2. The maximum absolute atomic E-state index is 12.9. The van der Waals surface area contributed by atoms with Crippen LogP contribution in [-0.4, -0.2) is 95.9 Å². The minimum atomic E-state index is -4.93. The molecule has 0 bridgehead atoms. The molecule has 105 heavy (non-hydrogen) atoms. The number of rotatable bonds is 79. The average molecular weight is 1520 g/mol. The highest BCUT2D eigenvalue weighted by Crippen LogP contribution is 2.45. The Morgan fingerprint density at radius 3 is 0.800 bits per heavy atom. The summed E-state index contributed by atoms with van der Waals surface area (Å²) < 4.78 is 61.2. The molecule has 0 saturated carbocycles. The van der Waals surface area contributed by atoms with E-state index in [4.69, 9.17) is 32.3 Å². The number of hydrogen-bond donors (Lipinski definition) is 4. The zero-order chi connectivity index (χ0) is 76.6. The Labute approximate surface area is 640 Å². The summed E-state index contributed by atoms with van der Waals surface area (Å²) in [6.45, 7) is 2.48. The summed E-state index contributed by atoms with van der Waals surface area (Å²) in [6.07, 6.45) is 95.5. The largest absolute Gasteiger partial charge is 0.472 e. The fourth-order valence-corrected chi connectivity index (χ4v) is 13.0. The number of unbranched alkanes of at least 4 members (excludes halogenated alkanes) is 36. The van der Waals surface area contributed by atoms with Crippen molar-refractivity contribution >= 4 is 33.6 Å². The van der Waals surface area contributed by atoms with Crippen molar-refractivity contribution in [3.63, 3.8) is 0 Å². The molecule has 0 rings (SSSR count). The number of phosphoric acid groups is 2. The van der Waals surface area contributed by atoms with Crippen LogP contribution in [0.5, 0.6) is 0 Å². The molecule has 0 aliphatic heterocycles. The van der Waals surface area contributed by atoms with Crippen molar-refractivity contribution in [1.82, 2.24) is 0 Å². The van der Waals surface area contributed by atoms with Crippen molar-refractivity contribution in [1.29, 1.82) is 0 Å². The highest BCUT2D eigenvalue weighted by atomic mass is 31.2. The van der Waals surface area contributed by atoms with E-state index >= 15 is 0 Å². The van der Waals surface area contributed by atoms with Crippen molar-refractivity contribution in [2.75, 3.05) is 39.6 Å². The van der Waals surface area contributed by atoms with Gasteiger partial charge in [-0.25, -0.2) is 9.13 Å². The van der Waals surface area contributed by atoms with Gasteiger partial charge in [-0.1, -0.05) is 348 Å². The van der Waals surface area contributed by atoms with Gasteiger partial charge in [0.25, 0.3) is 0 Å². The Morgan fingerprint density at radius 1 is 0.276 bits per heavy atom. The summed E-state index contributed by atoms with van der Waals surface area (Å²) in [4.78, 5) is 58.7. The van der Waals surface area contributed by atoms with E-state index in [9.17, 15) is 43.5 Å². The van der Waals surface area contributed by atoms with E-state index in [0.29, 0.717) is 19.3 Å². The summed E-state index contributed by atoms with van der Waals surface area (Å²) in [5.41, 5.74) is 0. The Hall–Kier alpha value is -4.05. The third-order valence-corrected chi connectivity index (χ3v) is 19.6. The van der Waals surface area contributed by atoms with Gasteiger partial charge in [0, 0.05) is 19.3 Å². The van der Waals surface area contributed by atoms with Crippen LogP contribution in [0.3, 0.4) is 0 Å². The molecule has 5 unspecified atom stereocenters. The summed E-state index contributed by atoms with van der Waals surface area (Å²) in [6, 6.07) is 0. The molecule has 18 heteroatoms. The summed E-state index contributed by atoms with van der Waals surface area (Å²) in [7, 11) is -9.78. The molecule has 0 aromatic heterocycles. The third-order valence-electron chi connectivity index (χ3n) is 17.7. The van der Waals surface area contributed by atoms with Crippen molar-refractivity contribution in [2.45, 2.75) is 373 Å². The van der Waals surface area contributed by atoms with Crippen LogP contribution in [0.15, 0.2) is 122 Å². The average Bonchev–Trinajstić information content (AvgIpc) is 1.81. The van der Waals surface area contributed by atoms with Crippen LogP contribution in [0.2, 0.25) is 0 Å². The van der Waals surface area contributed by atoms with E-state index < -0.39 is 91.5 Å². The number of phosphoric ester groups is 2. The SMILES string of the molecule is CC/C=C\C/C=C\C/C=C\C/C=C\C/C=C\CCCCCCCCCCCCCCCC(=O)OCC(O)COP(=O)(O)OCC(O)COP(=O)(O)OCC(COC(=O)CCCCCCCCCCCCCCC/C=C\C/C=C\C/C=C\C/C=C\C/C=C\CC)OC(=O)CCCCCCCCCCCCC. The van der Waals surface area contributed by atoms with Crippen molar-refractivity contribution in [3.05, 3.63) is 122 Å². The first-order valence-electron chi connectivity index (χ1n) is 41.8. The molecule has 0 heterocycles. The lowest BCUT2D eigenvalue weighted by atomic mass is 10.0. The van der Waals surface area contributed by atoms with Crippen LogP contribution in [-0.2, 0) is 55.8 Å².